The van der Waals surface area contributed by atoms with Gasteiger partial charge in [0.25, 0.3) is 0 Å². The molecule has 2 unspecified atom stereocenters. The highest BCUT2D eigenvalue weighted by Gasteiger charge is 2.44. The number of rotatable bonds is 7. The maximum atomic E-state index is 12.5. The molecule has 3 aliphatic rings. The maximum absolute atomic E-state index is 12.5. The number of piperidine rings is 1. The van der Waals surface area contributed by atoms with Crippen LogP contribution < -0.4 is 10.2 Å². The lowest BCUT2D eigenvalue weighted by Gasteiger charge is -2.33. The van der Waals surface area contributed by atoms with Crippen molar-refractivity contribution in [1.82, 2.24) is 9.97 Å². The van der Waals surface area contributed by atoms with Gasteiger partial charge in [-0.15, -0.1) is 0 Å². The molecular weight excluding hydrogens is 428 g/mol. The number of aliphatic hydroxyl groups is 2. The standard InChI is InChI=1S/C23H30N4O4S/c1-31-21(29)17-4-2-15(3-5-17)16-6-11-27(12-7-16)22-24-18-8-13-32(30)19(18)20(25-22)26-23(14-28)9-10-23/h2-5,16,21,28-29H,6-14H2,1H3,(H,24,25,26). The number of aryl methyl sites for hydroxylation is 1. The fraction of sp³-hybridized carbons (Fsp3) is 0.565. The van der Waals surface area contributed by atoms with E-state index in [1.807, 2.05) is 12.1 Å². The number of benzene rings is 1. The van der Waals surface area contributed by atoms with Gasteiger partial charge in [-0.05, 0) is 37.2 Å². The maximum Gasteiger partial charge on any atom is 0.227 e. The SMILES string of the molecule is COC(O)c1ccc(C2CCN(c3nc4c(c(NC5(CO)CC5)n3)S(=O)CC4)CC2)cc1. The van der Waals surface area contributed by atoms with E-state index in [2.05, 4.69) is 22.3 Å². The average Bonchev–Trinajstić information content (AvgIpc) is 3.51. The van der Waals surface area contributed by atoms with Crippen molar-refractivity contribution in [3.63, 3.8) is 0 Å². The highest BCUT2D eigenvalue weighted by atomic mass is 32.2. The topological polar surface area (TPSA) is 108 Å². The van der Waals surface area contributed by atoms with Crippen molar-refractivity contribution in [3.8, 4) is 0 Å². The summed E-state index contributed by atoms with van der Waals surface area (Å²) in [5.41, 5.74) is 2.58. The van der Waals surface area contributed by atoms with Gasteiger partial charge in [-0.2, -0.15) is 4.98 Å². The van der Waals surface area contributed by atoms with Gasteiger partial charge in [-0.1, -0.05) is 24.3 Å². The Bertz CT molecular complexity index is 1000. The minimum atomic E-state index is -1.08. The summed E-state index contributed by atoms with van der Waals surface area (Å²) in [6.45, 7) is 1.75. The van der Waals surface area contributed by atoms with Crippen LogP contribution in [0, 0.1) is 0 Å². The van der Waals surface area contributed by atoms with Crippen molar-refractivity contribution in [3.05, 3.63) is 41.1 Å². The second kappa shape index (κ2) is 8.70. The van der Waals surface area contributed by atoms with Gasteiger partial charge < -0.3 is 25.2 Å². The third-order valence-electron chi connectivity index (χ3n) is 6.91. The van der Waals surface area contributed by atoms with E-state index >= 15 is 0 Å². The Morgan fingerprint density at radius 2 is 1.97 bits per heavy atom. The smallest absolute Gasteiger partial charge is 0.227 e. The van der Waals surface area contributed by atoms with Gasteiger partial charge in [0, 0.05) is 37.9 Å². The van der Waals surface area contributed by atoms with Crippen molar-refractivity contribution in [2.75, 3.05) is 42.8 Å². The van der Waals surface area contributed by atoms with Gasteiger partial charge in [0.05, 0.1) is 28.6 Å². The van der Waals surface area contributed by atoms with Crippen LogP contribution in [0.25, 0.3) is 0 Å². The lowest BCUT2D eigenvalue weighted by Crippen LogP contribution is -2.35. The first-order chi connectivity index (χ1) is 15.5. The number of ether oxygens (including phenoxy) is 1. The fourth-order valence-corrected chi connectivity index (χ4v) is 5.92. The molecule has 1 aliphatic carbocycles. The van der Waals surface area contributed by atoms with Crippen molar-refractivity contribution >= 4 is 22.6 Å². The number of aromatic nitrogens is 2. The number of fused-ring (bicyclic) bond motifs is 1. The van der Waals surface area contributed by atoms with E-state index in [0.29, 0.717) is 29.9 Å². The van der Waals surface area contributed by atoms with E-state index in [9.17, 15) is 14.4 Å². The minimum Gasteiger partial charge on any atom is -0.394 e. The molecule has 1 saturated heterocycles. The highest BCUT2D eigenvalue weighted by Crippen LogP contribution is 2.41. The van der Waals surface area contributed by atoms with Crippen LogP contribution in [0.2, 0.25) is 0 Å². The van der Waals surface area contributed by atoms with Gasteiger partial charge in [0.15, 0.2) is 6.29 Å². The molecule has 3 heterocycles. The molecule has 2 fully saturated rings. The predicted molar refractivity (Wildman–Crippen MR) is 122 cm³/mol. The van der Waals surface area contributed by atoms with E-state index in [-0.39, 0.29) is 12.1 Å². The second-order valence-electron chi connectivity index (χ2n) is 9.03. The molecule has 2 aromatic rings. The number of methoxy groups -OCH3 is 1. The van der Waals surface area contributed by atoms with E-state index in [1.54, 1.807) is 0 Å². The lowest BCUT2D eigenvalue weighted by atomic mass is 9.89. The lowest BCUT2D eigenvalue weighted by molar-refractivity contribution is -0.0769. The molecular formula is C23H30N4O4S. The van der Waals surface area contributed by atoms with E-state index in [4.69, 9.17) is 14.7 Å². The van der Waals surface area contributed by atoms with E-state index < -0.39 is 17.1 Å². The molecule has 9 heteroatoms. The van der Waals surface area contributed by atoms with Crippen LogP contribution in [0.15, 0.2) is 29.2 Å². The molecule has 1 saturated carbocycles. The first-order valence-corrected chi connectivity index (χ1v) is 12.6. The van der Waals surface area contributed by atoms with Crippen LogP contribution in [-0.4, -0.2) is 62.5 Å². The largest absolute Gasteiger partial charge is 0.394 e. The summed E-state index contributed by atoms with van der Waals surface area (Å²) in [4.78, 5) is 12.5. The summed E-state index contributed by atoms with van der Waals surface area (Å²) in [6, 6.07) is 8.00. The van der Waals surface area contributed by atoms with Crippen LogP contribution in [0.4, 0.5) is 11.8 Å². The molecule has 5 rings (SSSR count). The number of anilines is 2. The zero-order valence-electron chi connectivity index (χ0n) is 18.3. The van der Waals surface area contributed by atoms with Crippen LogP contribution in [0.1, 0.15) is 54.7 Å². The van der Waals surface area contributed by atoms with Crippen molar-refractivity contribution in [2.45, 2.75) is 54.7 Å². The molecule has 32 heavy (non-hydrogen) atoms. The predicted octanol–water partition coefficient (Wildman–Crippen LogP) is 2.10. The van der Waals surface area contributed by atoms with Crippen molar-refractivity contribution in [2.24, 2.45) is 0 Å². The molecule has 2 atom stereocenters. The number of hydrogen-bond donors (Lipinski definition) is 3. The average molecular weight is 459 g/mol. The Morgan fingerprint density at radius 1 is 1.25 bits per heavy atom. The summed E-state index contributed by atoms with van der Waals surface area (Å²) in [7, 11) is 0.406. The molecule has 0 amide bonds. The Labute approximate surface area is 190 Å². The van der Waals surface area contributed by atoms with Crippen LogP contribution in [-0.2, 0) is 22.0 Å². The molecule has 3 N–H and O–H groups in total. The summed E-state index contributed by atoms with van der Waals surface area (Å²) in [6.07, 6.45) is 3.59. The number of hydrogen-bond acceptors (Lipinski definition) is 8. The van der Waals surface area contributed by atoms with Gasteiger partial charge in [0.2, 0.25) is 5.95 Å². The van der Waals surface area contributed by atoms with Gasteiger partial charge >= 0.3 is 0 Å². The van der Waals surface area contributed by atoms with Crippen LogP contribution >= 0.6 is 0 Å². The van der Waals surface area contributed by atoms with Gasteiger partial charge in [-0.25, -0.2) is 4.98 Å². The summed E-state index contributed by atoms with van der Waals surface area (Å²) >= 11 is 0. The van der Waals surface area contributed by atoms with Crippen LogP contribution in [0.5, 0.6) is 0 Å². The first kappa shape index (κ1) is 21.8. The molecule has 0 bridgehead atoms. The summed E-state index contributed by atoms with van der Waals surface area (Å²) < 4.78 is 17.5. The van der Waals surface area contributed by atoms with Crippen molar-refractivity contribution in [1.29, 1.82) is 0 Å². The second-order valence-corrected chi connectivity index (χ2v) is 10.5. The van der Waals surface area contributed by atoms with E-state index in [1.165, 1.54) is 12.7 Å². The molecule has 1 aromatic heterocycles. The number of nitrogens with one attached hydrogen (secondary N) is 1. The third kappa shape index (κ3) is 4.14. The molecule has 2 aliphatic heterocycles. The number of nitrogens with zero attached hydrogens (tertiary/aromatic N) is 3. The van der Waals surface area contributed by atoms with E-state index in [0.717, 1.165) is 54.9 Å². The zero-order chi connectivity index (χ0) is 22.3. The Balaban J connectivity index is 1.31. The Hall–Kier alpha value is -2.07. The Kier molecular flexibility index (Phi) is 5.92. The number of aliphatic hydroxyl groups excluding tert-OH is 2. The molecule has 0 radical (unpaired) electrons. The third-order valence-corrected chi connectivity index (χ3v) is 8.37. The van der Waals surface area contributed by atoms with Crippen LogP contribution in [0.3, 0.4) is 0 Å². The van der Waals surface area contributed by atoms with Gasteiger partial charge in [0.1, 0.15) is 10.7 Å². The molecule has 8 nitrogen and oxygen atoms in total. The Morgan fingerprint density at radius 3 is 2.59 bits per heavy atom. The summed E-state index contributed by atoms with van der Waals surface area (Å²) in [5, 5.41) is 22.9. The molecule has 172 valence electrons. The highest BCUT2D eigenvalue weighted by molar-refractivity contribution is 7.85. The fourth-order valence-electron chi connectivity index (χ4n) is 4.62. The zero-order valence-corrected chi connectivity index (χ0v) is 19.1. The van der Waals surface area contributed by atoms with Crippen molar-refractivity contribution < 1.29 is 19.2 Å². The minimum absolute atomic E-state index is 0.0549. The van der Waals surface area contributed by atoms with Gasteiger partial charge in [-0.3, -0.25) is 4.21 Å². The summed E-state index contributed by atoms with van der Waals surface area (Å²) in [5.74, 6) is 2.37. The normalized spacial score (nSPS) is 23.1. The first-order valence-electron chi connectivity index (χ1n) is 11.3. The molecule has 0 spiro atoms. The monoisotopic (exact) mass is 458 g/mol. The quantitative estimate of drug-likeness (QED) is 0.542. The molecule has 1 aromatic carbocycles.